The van der Waals surface area contributed by atoms with Crippen molar-refractivity contribution < 1.29 is 74.9 Å². The minimum atomic E-state index is -4.51. The first kappa shape index (κ1) is 54.9. The molecule has 63 heavy (non-hydrogen) atoms. The van der Waals surface area contributed by atoms with Gasteiger partial charge in [0.05, 0.1) is 39.5 Å². The molecule has 2 aromatic rings. The van der Waals surface area contributed by atoms with Crippen molar-refractivity contribution in [2.75, 3.05) is 10.5 Å². The summed E-state index contributed by atoms with van der Waals surface area (Å²) in [5.74, 6) is -5.24. The highest BCUT2D eigenvalue weighted by Gasteiger charge is 2.57. The molecule has 0 heterocycles. The van der Waals surface area contributed by atoms with Gasteiger partial charge in [0, 0.05) is 0 Å². The van der Waals surface area contributed by atoms with E-state index < -0.39 is 108 Å². The number of phenols is 2. The van der Waals surface area contributed by atoms with E-state index in [-0.39, 0.29) is 23.3 Å². The van der Waals surface area contributed by atoms with Crippen molar-refractivity contribution in [1.82, 2.24) is 0 Å². The van der Waals surface area contributed by atoms with Gasteiger partial charge in [-0.05, 0) is 152 Å². The van der Waals surface area contributed by atoms with Crippen molar-refractivity contribution >= 4 is 55.6 Å². The normalized spacial score (nSPS) is 14.6. The molecule has 0 saturated heterocycles. The zero-order chi connectivity index (χ0) is 48.5. The number of benzene rings is 2. The monoisotopic (exact) mass is 945 g/mol. The van der Waals surface area contributed by atoms with Crippen LogP contribution in [0.15, 0.2) is 42.5 Å². The van der Waals surface area contributed by atoms with Crippen LogP contribution in [0.3, 0.4) is 0 Å². The van der Waals surface area contributed by atoms with E-state index in [9.17, 15) is 46.9 Å². The lowest BCUT2D eigenvalue weighted by Gasteiger charge is -2.27. The van der Waals surface area contributed by atoms with Crippen LogP contribution in [0.2, 0.25) is 0 Å². The number of hydrogen-bond acceptors (Lipinski definition) is 16. The zero-order valence-electron chi connectivity index (χ0n) is 38.7. The Hall–Kier alpha value is -4.21. The second-order valence-electron chi connectivity index (χ2n) is 19.1. The molecular formula is C43H65NO16P2S+2. The smallest absolute Gasteiger partial charge is 0.508 e. The molecule has 0 radical (unpaired) electrons. The number of aromatic hydroxyl groups is 2. The van der Waals surface area contributed by atoms with Crippen LogP contribution < -0.4 is 4.72 Å². The fraction of sp³-hybridized carbons (Fsp3) is 0.628. The predicted octanol–water partition coefficient (Wildman–Crippen LogP) is 9.69. The molecule has 0 spiro atoms. The average Bonchev–Trinajstić information content (AvgIpc) is 3.13. The van der Waals surface area contributed by atoms with Crippen molar-refractivity contribution in [3.05, 3.63) is 53.6 Å². The number of carbonyl (C=O) groups is 4. The summed E-state index contributed by atoms with van der Waals surface area (Å²) in [5.41, 5.74) is -3.27. The molecule has 3 N–H and O–H groups in total. The molecule has 0 amide bonds. The number of phenolic OH excluding ortho intramolecular Hbond substituents is 2. The van der Waals surface area contributed by atoms with E-state index in [0.29, 0.717) is 18.4 Å². The molecule has 352 valence electrons. The second-order valence-corrected chi connectivity index (χ2v) is 24.1. The summed E-state index contributed by atoms with van der Waals surface area (Å²) < 4.78 is 89.9. The maximum Gasteiger partial charge on any atom is 0.574 e. The van der Waals surface area contributed by atoms with Crippen molar-refractivity contribution in [3.8, 4) is 11.5 Å². The Morgan fingerprint density at radius 1 is 0.603 bits per heavy atom. The van der Waals surface area contributed by atoms with E-state index in [1.807, 2.05) is 26.0 Å². The van der Waals surface area contributed by atoms with Crippen molar-refractivity contribution in [1.29, 1.82) is 0 Å². The zero-order valence-corrected chi connectivity index (χ0v) is 41.3. The minimum Gasteiger partial charge on any atom is -0.508 e. The molecule has 2 rings (SSSR count). The summed E-state index contributed by atoms with van der Waals surface area (Å²) in [6.07, 6.45) is 0.535. The molecule has 0 fully saturated rings. The maximum absolute atomic E-state index is 14.1. The first-order valence-corrected chi connectivity index (χ1v) is 24.6. The van der Waals surface area contributed by atoms with Gasteiger partial charge in [0.15, 0.2) is 0 Å². The van der Waals surface area contributed by atoms with Gasteiger partial charge in [-0.25, -0.2) is 8.42 Å². The highest BCUT2D eigenvalue weighted by molar-refractivity contribution is 7.92. The summed E-state index contributed by atoms with van der Waals surface area (Å²) in [4.78, 5) is 51.6. The topological polar surface area (TPSA) is 244 Å². The van der Waals surface area contributed by atoms with Crippen LogP contribution in [0, 0.1) is 21.7 Å². The third-order valence-corrected chi connectivity index (χ3v) is 13.9. The van der Waals surface area contributed by atoms with Gasteiger partial charge in [-0.15, -0.1) is 0 Å². The van der Waals surface area contributed by atoms with Gasteiger partial charge in [0.2, 0.25) is 10.0 Å². The molecule has 4 unspecified atom stereocenters. The van der Waals surface area contributed by atoms with Gasteiger partial charge in [0.1, 0.15) is 11.5 Å². The maximum atomic E-state index is 14.1. The molecule has 0 aliphatic rings. The fourth-order valence-electron chi connectivity index (χ4n) is 5.36. The molecule has 20 heteroatoms. The fourth-order valence-corrected chi connectivity index (χ4v) is 9.27. The highest BCUT2D eigenvalue weighted by atomic mass is 32.2. The number of nitrogens with one attached hydrogen (secondary N) is 1. The summed E-state index contributed by atoms with van der Waals surface area (Å²) in [5, 5.41) is 18.7. The molecule has 0 saturated carbocycles. The SMILES string of the molecule is CCC(c1ccc(O)cc1)C(CC)c1ccc(O)c(NS(=O)(=O)CCC([P+](=O)OC(OC(=O)C(C)(C)C)OC(=O)C(C)(C)C)[P+](=O)OC(OC(=O)C(C)(C)C)OC(=O)C(C)(C)C)c1. The predicted molar refractivity (Wildman–Crippen MR) is 235 cm³/mol. The van der Waals surface area contributed by atoms with E-state index in [1.165, 1.54) is 95.2 Å². The van der Waals surface area contributed by atoms with Gasteiger partial charge in [0.25, 0.3) is 0 Å². The number of esters is 4. The second kappa shape index (κ2) is 22.1. The first-order valence-electron chi connectivity index (χ1n) is 20.4. The number of rotatable bonds is 20. The van der Waals surface area contributed by atoms with E-state index >= 15 is 0 Å². The number of sulfonamides is 1. The van der Waals surface area contributed by atoms with E-state index in [2.05, 4.69) is 4.72 Å². The van der Waals surface area contributed by atoms with Gasteiger partial charge in [-0.3, -0.25) is 23.9 Å². The lowest BCUT2D eigenvalue weighted by Crippen LogP contribution is -2.36. The molecular weight excluding hydrogens is 880 g/mol. The van der Waals surface area contributed by atoms with Crippen molar-refractivity contribution in [2.45, 2.75) is 146 Å². The lowest BCUT2D eigenvalue weighted by atomic mass is 9.78. The molecule has 2 aromatic carbocycles. The van der Waals surface area contributed by atoms with Gasteiger partial charge < -0.3 is 29.2 Å². The summed E-state index contributed by atoms with van der Waals surface area (Å²) >= 11 is 0. The summed E-state index contributed by atoms with van der Waals surface area (Å²) in [6, 6.07) is 11.3. The first-order chi connectivity index (χ1) is 28.7. The molecule has 0 aliphatic carbocycles. The van der Waals surface area contributed by atoms with E-state index in [4.69, 9.17) is 28.0 Å². The van der Waals surface area contributed by atoms with Gasteiger partial charge in [-0.2, -0.15) is 0 Å². The van der Waals surface area contributed by atoms with E-state index in [1.54, 1.807) is 18.2 Å². The van der Waals surface area contributed by atoms with Crippen LogP contribution in [0.4, 0.5) is 5.69 Å². The summed E-state index contributed by atoms with van der Waals surface area (Å²) in [7, 11) is -11.5. The number of ether oxygens (including phenoxy) is 4. The van der Waals surface area contributed by atoms with Gasteiger partial charge in [-0.1, -0.05) is 41.1 Å². The molecule has 0 bridgehead atoms. The van der Waals surface area contributed by atoms with Gasteiger partial charge >= 0.3 is 58.3 Å². The number of anilines is 1. The third-order valence-electron chi connectivity index (χ3n) is 9.17. The van der Waals surface area contributed by atoms with E-state index in [0.717, 1.165) is 5.56 Å². The Bertz CT molecular complexity index is 1930. The quantitative estimate of drug-likeness (QED) is 0.0484. The summed E-state index contributed by atoms with van der Waals surface area (Å²) in [6.45, 7) is 17.2. The highest BCUT2D eigenvalue weighted by Crippen LogP contribution is 2.51. The molecule has 0 aliphatic heterocycles. The van der Waals surface area contributed by atoms with Crippen molar-refractivity contribution in [2.24, 2.45) is 21.7 Å². The Labute approximate surface area is 373 Å². The van der Waals surface area contributed by atoms with Crippen LogP contribution in [-0.2, 0) is 66.3 Å². The van der Waals surface area contributed by atoms with Crippen LogP contribution in [0.25, 0.3) is 0 Å². The number of carbonyl (C=O) groups excluding carboxylic acids is 4. The van der Waals surface area contributed by atoms with Crippen molar-refractivity contribution in [3.63, 3.8) is 0 Å². The standard InChI is InChI=1S/C43H63NO16P2S/c1-15-29(26-17-20-28(45)21-18-26)30(16-2)27-19-22-32(46)31(25-27)44-63(53,54)24-23-33(61(51)59-38(55-34(47)40(3,4)5)56-35(48)41(6,7)8)62(52)60-39(57-36(49)42(9,10)11)58-37(50)43(12,13)14/h17-22,25,29-30,33,38-39,44H,15-16,23-24H2,1-14H3/p+2. The Balaban J connectivity index is 2.59. The minimum absolute atomic E-state index is 0.0405. The third kappa shape index (κ3) is 17.4. The Kier molecular flexibility index (Phi) is 19.3. The number of hydrogen-bond donors (Lipinski definition) is 3. The lowest BCUT2D eigenvalue weighted by molar-refractivity contribution is -0.244. The van der Waals surface area contributed by atoms with Crippen LogP contribution in [-0.4, -0.2) is 66.6 Å². The largest absolute Gasteiger partial charge is 0.574 e. The van der Waals surface area contributed by atoms with Crippen LogP contribution in [0.5, 0.6) is 11.5 Å². The van der Waals surface area contributed by atoms with Crippen LogP contribution in [0.1, 0.15) is 139 Å². The molecule has 4 atom stereocenters. The Morgan fingerprint density at radius 3 is 1.30 bits per heavy atom. The molecule has 17 nitrogen and oxygen atoms in total. The Morgan fingerprint density at radius 2 is 0.952 bits per heavy atom. The molecule has 0 aromatic heterocycles. The average molecular weight is 946 g/mol. The van der Waals surface area contributed by atoms with Crippen LogP contribution >= 0.6 is 16.1 Å².